The van der Waals surface area contributed by atoms with Crippen LogP contribution in [0.5, 0.6) is 0 Å². The van der Waals surface area contributed by atoms with E-state index in [1.54, 1.807) is 36.4 Å². The first-order valence-corrected chi connectivity index (χ1v) is 8.90. The molecule has 0 aliphatic rings. The minimum absolute atomic E-state index is 0.0485. The van der Waals surface area contributed by atoms with Crippen molar-refractivity contribution >= 4 is 35.1 Å². The maximum atomic E-state index is 12.3. The van der Waals surface area contributed by atoms with E-state index < -0.39 is 18.0 Å². The summed E-state index contributed by atoms with van der Waals surface area (Å²) in [5.41, 5.74) is 1.52. The Bertz CT molecular complexity index is 786. The summed E-state index contributed by atoms with van der Waals surface area (Å²) >= 11 is 1.44. The van der Waals surface area contributed by atoms with Gasteiger partial charge < -0.3 is 10.1 Å². The molecule has 0 spiro atoms. The number of carbonyl (C=O) groups is 3. The molecule has 2 aromatic rings. The number of thioether (sulfide) groups is 1. The number of anilines is 1. The van der Waals surface area contributed by atoms with Crippen LogP contribution >= 0.6 is 11.8 Å². The molecule has 6 heteroatoms. The number of Topliss-reactive ketones (excluding diaryl/α,β-unsaturated/α-hetero) is 1. The lowest BCUT2D eigenvalue weighted by Crippen LogP contribution is -2.30. The van der Waals surface area contributed by atoms with Gasteiger partial charge in [0, 0.05) is 16.1 Å². The molecular weight excluding hydrogens is 338 g/mol. The summed E-state index contributed by atoms with van der Waals surface area (Å²) in [6, 6.07) is 13.6. The molecule has 2 rings (SSSR count). The van der Waals surface area contributed by atoms with Crippen molar-refractivity contribution in [2.75, 3.05) is 11.6 Å². The number of hydrogen-bond acceptors (Lipinski definition) is 5. The van der Waals surface area contributed by atoms with Crippen LogP contribution in [0.1, 0.15) is 34.6 Å². The Balaban J connectivity index is 2.00. The van der Waals surface area contributed by atoms with Gasteiger partial charge in [-0.3, -0.25) is 9.59 Å². The highest BCUT2D eigenvalue weighted by Gasteiger charge is 2.20. The monoisotopic (exact) mass is 357 g/mol. The van der Waals surface area contributed by atoms with Gasteiger partial charge in [-0.05, 0) is 56.5 Å². The molecule has 0 aliphatic carbocycles. The third-order valence-electron chi connectivity index (χ3n) is 3.54. The molecule has 0 aromatic heterocycles. The third kappa shape index (κ3) is 4.93. The fourth-order valence-electron chi connectivity index (χ4n) is 2.12. The lowest BCUT2D eigenvalue weighted by Gasteiger charge is -2.14. The van der Waals surface area contributed by atoms with E-state index in [0.717, 1.165) is 4.90 Å². The van der Waals surface area contributed by atoms with Gasteiger partial charge in [-0.1, -0.05) is 12.1 Å². The molecule has 0 saturated carbocycles. The van der Waals surface area contributed by atoms with Crippen LogP contribution in [-0.4, -0.2) is 30.0 Å². The second-order valence-electron chi connectivity index (χ2n) is 5.37. The van der Waals surface area contributed by atoms with Crippen LogP contribution in [0.25, 0.3) is 0 Å². The van der Waals surface area contributed by atoms with Crippen LogP contribution < -0.4 is 5.32 Å². The van der Waals surface area contributed by atoms with E-state index in [2.05, 4.69) is 5.32 Å². The van der Waals surface area contributed by atoms with Crippen LogP contribution in [0.3, 0.4) is 0 Å². The van der Waals surface area contributed by atoms with Crippen LogP contribution in [0, 0.1) is 0 Å². The van der Waals surface area contributed by atoms with Gasteiger partial charge in [0.1, 0.15) is 0 Å². The molecule has 2 aromatic carbocycles. The molecule has 130 valence electrons. The molecule has 0 unspecified atom stereocenters. The second-order valence-corrected chi connectivity index (χ2v) is 6.22. The average Bonchev–Trinajstić information content (AvgIpc) is 2.61. The number of hydrogen-bond donors (Lipinski definition) is 1. The van der Waals surface area contributed by atoms with Crippen LogP contribution in [0.15, 0.2) is 53.4 Å². The quantitative estimate of drug-likeness (QED) is 0.484. The number of benzene rings is 2. The smallest absolute Gasteiger partial charge is 0.340 e. The fourth-order valence-corrected chi connectivity index (χ4v) is 2.71. The first-order valence-electron chi connectivity index (χ1n) is 7.68. The lowest BCUT2D eigenvalue weighted by molar-refractivity contribution is -0.123. The van der Waals surface area contributed by atoms with Crippen molar-refractivity contribution < 1.29 is 19.1 Å². The van der Waals surface area contributed by atoms with Gasteiger partial charge in [0.05, 0.1) is 5.56 Å². The van der Waals surface area contributed by atoms with Gasteiger partial charge in [-0.25, -0.2) is 4.79 Å². The van der Waals surface area contributed by atoms with Gasteiger partial charge in [-0.2, -0.15) is 0 Å². The Labute approximate surface area is 150 Å². The van der Waals surface area contributed by atoms with E-state index in [0.29, 0.717) is 16.8 Å². The van der Waals surface area contributed by atoms with Gasteiger partial charge in [0.2, 0.25) is 0 Å². The normalized spacial score (nSPS) is 11.5. The third-order valence-corrected chi connectivity index (χ3v) is 4.33. The molecule has 0 aliphatic heterocycles. The average molecular weight is 357 g/mol. The van der Waals surface area contributed by atoms with Crippen molar-refractivity contribution in [3.63, 3.8) is 0 Å². The zero-order chi connectivity index (χ0) is 18.4. The number of ether oxygens (including phenoxy) is 1. The van der Waals surface area contributed by atoms with E-state index >= 15 is 0 Å². The number of carbonyl (C=O) groups excluding carboxylic acids is 3. The van der Waals surface area contributed by atoms with E-state index in [-0.39, 0.29) is 5.78 Å². The van der Waals surface area contributed by atoms with Crippen molar-refractivity contribution in [2.24, 2.45) is 0 Å². The Morgan fingerprint density at radius 2 is 1.68 bits per heavy atom. The zero-order valence-corrected chi connectivity index (χ0v) is 15.1. The topological polar surface area (TPSA) is 72.5 Å². The van der Waals surface area contributed by atoms with E-state index in [4.69, 9.17) is 4.74 Å². The summed E-state index contributed by atoms with van der Waals surface area (Å²) < 4.78 is 5.26. The van der Waals surface area contributed by atoms with Gasteiger partial charge in [0.15, 0.2) is 11.9 Å². The highest BCUT2D eigenvalue weighted by atomic mass is 32.2. The Kier molecular flexibility index (Phi) is 6.36. The fraction of sp³-hybridized carbons (Fsp3) is 0.211. The molecule has 25 heavy (non-hydrogen) atoms. The molecule has 0 fully saturated rings. The van der Waals surface area contributed by atoms with E-state index in [1.807, 2.05) is 18.4 Å². The number of nitrogens with one attached hydrogen (secondary N) is 1. The molecular formula is C19H19NO4S. The molecule has 0 radical (unpaired) electrons. The summed E-state index contributed by atoms with van der Waals surface area (Å²) in [6.45, 7) is 2.99. The summed E-state index contributed by atoms with van der Waals surface area (Å²) in [5, 5.41) is 2.66. The second kappa shape index (κ2) is 8.48. The van der Waals surface area contributed by atoms with E-state index in [9.17, 15) is 14.4 Å². The molecule has 0 saturated heterocycles. The number of rotatable bonds is 6. The van der Waals surface area contributed by atoms with Crippen LogP contribution in [0.4, 0.5) is 5.69 Å². The zero-order valence-electron chi connectivity index (χ0n) is 14.2. The highest BCUT2D eigenvalue weighted by Crippen LogP contribution is 2.21. The molecule has 1 N–H and O–H groups in total. The first-order chi connectivity index (χ1) is 11.9. The van der Waals surface area contributed by atoms with Crippen LogP contribution in [-0.2, 0) is 9.53 Å². The largest absolute Gasteiger partial charge is 0.449 e. The van der Waals surface area contributed by atoms with Crippen molar-refractivity contribution in [3.8, 4) is 0 Å². The number of esters is 1. The van der Waals surface area contributed by atoms with Crippen molar-refractivity contribution in [1.82, 2.24) is 0 Å². The Hall–Kier alpha value is -2.60. The first kappa shape index (κ1) is 18.7. The minimum Gasteiger partial charge on any atom is -0.449 e. The van der Waals surface area contributed by atoms with Crippen LogP contribution in [0.2, 0.25) is 0 Å². The predicted octanol–water partition coefficient (Wildman–Crippen LogP) is 3.80. The molecule has 1 atom stereocenters. The van der Waals surface area contributed by atoms with E-state index in [1.165, 1.54) is 25.6 Å². The number of ketones is 1. The maximum absolute atomic E-state index is 12.3. The summed E-state index contributed by atoms with van der Waals surface area (Å²) in [4.78, 5) is 36.5. The highest BCUT2D eigenvalue weighted by molar-refractivity contribution is 7.98. The molecule has 1 amide bonds. The standard InChI is InChI=1S/C19H19NO4S/c1-12(21)14-8-10-15(11-9-14)20-18(22)13(2)24-19(23)16-6-4-5-7-17(16)25-3/h4-11,13H,1-3H3,(H,20,22)/t13-/m1/s1. The predicted molar refractivity (Wildman–Crippen MR) is 98.2 cm³/mol. The maximum Gasteiger partial charge on any atom is 0.340 e. The van der Waals surface area contributed by atoms with Gasteiger partial charge >= 0.3 is 5.97 Å². The molecule has 0 heterocycles. The van der Waals surface area contributed by atoms with Crippen molar-refractivity contribution in [1.29, 1.82) is 0 Å². The Morgan fingerprint density at radius 3 is 2.28 bits per heavy atom. The minimum atomic E-state index is -0.949. The van der Waals surface area contributed by atoms with Gasteiger partial charge in [-0.15, -0.1) is 11.8 Å². The van der Waals surface area contributed by atoms with Crippen molar-refractivity contribution in [3.05, 3.63) is 59.7 Å². The summed E-state index contributed by atoms with van der Waals surface area (Å²) in [5.74, 6) is -1.03. The summed E-state index contributed by atoms with van der Waals surface area (Å²) in [6.07, 6.45) is 0.919. The molecule has 5 nitrogen and oxygen atoms in total. The summed E-state index contributed by atoms with van der Waals surface area (Å²) in [7, 11) is 0. The van der Waals surface area contributed by atoms with Crippen molar-refractivity contribution in [2.45, 2.75) is 24.8 Å². The lowest BCUT2D eigenvalue weighted by atomic mass is 10.1. The Morgan fingerprint density at radius 1 is 1.04 bits per heavy atom. The van der Waals surface area contributed by atoms with Gasteiger partial charge in [0.25, 0.3) is 5.91 Å². The SMILES string of the molecule is CSc1ccccc1C(=O)O[C@H](C)C(=O)Nc1ccc(C(C)=O)cc1. The number of amides is 1. The molecule has 0 bridgehead atoms.